The van der Waals surface area contributed by atoms with Gasteiger partial charge in [-0.1, -0.05) is 67.6 Å². The average molecular weight is 269 g/mol. The van der Waals surface area contributed by atoms with Crippen molar-refractivity contribution in [2.24, 2.45) is 0 Å². The zero-order valence-electron chi connectivity index (χ0n) is 11.6. The Bertz CT molecular complexity index is 525. The van der Waals surface area contributed by atoms with Gasteiger partial charge in [0.05, 0.1) is 6.04 Å². The Kier molecular flexibility index (Phi) is 5.18. The first-order valence-corrected chi connectivity index (χ1v) is 6.81. The van der Waals surface area contributed by atoms with Gasteiger partial charge in [0, 0.05) is 0 Å². The van der Waals surface area contributed by atoms with Crippen LogP contribution in [0.2, 0.25) is 0 Å². The van der Waals surface area contributed by atoms with E-state index in [0.717, 1.165) is 17.5 Å². The minimum atomic E-state index is -0.385. The van der Waals surface area contributed by atoms with Gasteiger partial charge in [0.25, 0.3) is 0 Å². The number of carbonyl (C=O) groups excluding carboxylic acids is 1. The molecule has 0 heterocycles. The summed E-state index contributed by atoms with van der Waals surface area (Å²) in [6.45, 7) is 2.33. The largest absolute Gasteiger partial charge is 0.445 e. The third kappa shape index (κ3) is 4.12. The number of ether oxygens (including phenoxy) is 1. The molecule has 104 valence electrons. The summed E-state index contributed by atoms with van der Waals surface area (Å²) in [4.78, 5) is 11.8. The molecule has 0 aliphatic carbocycles. The molecule has 2 aromatic rings. The summed E-state index contributed by atoms with van der Waals surface area (Å²) >= 11 is 0. The second-order valence-electron chi connectivity index (χ2n) is 4.58. The Morgan fingerprint density at radius 3 is 2.25 bits per heavy atom. The molecule has 0 radical (unpaired) electrons. The number of rotatable bonds is 5. The van der Waals surface area contributed by atoms with Gasteiger partial charge in [0.15, 0.2) is 0 Å². The van der Waals surface area contributed by atoms with E-state index < -0.39 is 0 Å². The summed E-state index contributed by atoms with van der Waals surface area (Å²) in [5.74, 6) is 0. The first kappa shape index (κ1) is 14.1. The summed E-state index contributed by atoms with van der Waals surface area (Å²) in [6.07, 6.45) is 0.439. The fraction of sp³-hybridized carbons (Fsp3) is 0.235. The van der Waals surface area contributed by atoms with Crippen molar-refractivity contribution in [2.75, 3.05) is 0 Å². The third-order valence-corrected chi connectivity index (χ3v) is 3.12. The van der Waals surface area contributed by atoms with Gasteiger partial charge >= 0.3 is 6.09 Å². The molecule has 2 aromatic carbocycles. The van der Waals surface area contributed by atoms with E-state index in [1.165, 1.54) is 0 Å². The van der Waals surface area contributed by atoms with Crippen molar-refractivity contribution in [2.45, 2.75) is 26.0 Å². The number of benzene rings is 2. The van der Waals surface area contributed by atoms with E-state index >= 15 is 0 Å². The summed E-state index contributed by atoms with van der Waals surface area (Å²) in [6, 6.07) is 19.5. The Labute approximate surface area is 119 Å². The maximum atomic E-state index is 11.8. The average Bonchev–Trinajstić information content (AvgIpc) is 2.52. The van der Waals surface area contributed by atoms with Crippen molar-refractivity contribution in [3.63, 3.8) is 0 Å². The van der Waals surface area contributed by atoms with Crippen LogP contribution in [0.3, 0.4) is 0 Å². The van der Waals surface area contributed by atoms with Crippen molar-refractivity contribution in [3.8, 4) is 0 Å². The van der Waals surface area contributed by atoms with Gasteiger partial charge in [-0.3, -0.25) is 0 Å². The molecule has 0 aliphatic rings. The smallest absolute Gasteiger partial charge is 0.407 e. The normalized spacial score (nSPS) is 11.7. The van der Waals surface area contributed by atoms with Crippen LogP contribution in [0.25, 0.3) is 0 Å². The van der Waals surface area contributed by atoms with Crippen LogP contribution >= 0.6 is 0 Å². The third-order valence-electron chi connectivity index (χ3n) is 3.12. The summed E-state index contributed by atoms with van der Waals surface area (Å²) in [5.41, 5.74) is 2.07. The van der Waals surface area contributed by atoms with Crippen LogP contribution in [-0.4, -0.2) is 6.09 Å². The lowest BCUT2D eigenvalue weighted by Crippen LogP contribution is -2.28. The molecule has 0 saturated heterocycles. The highest BCUT2D eigenvalue weighted by atomic mass is 16.5. The highest BCUT2D eigenvalue weighted by molar-refractivity contribution is 5.67. The number of amides is 1. The zero-order chi connectivity index (χ0) is 14.2. The molecule has 3 nitrogen and oxygen atoms in total. The molecule has 20 heavy (non-hydrogen) atoms. The first-order valence-electron chi connectivity index (χ1n) is 6.81. The van der Waals surface area contributed by atoms with E-state index in [4.69, 9.17) is 4.74 Å². The van der Waals surface area contributed by atoms with Crippen LogP contribution in [0, 0.1) is 0 Å². The Hall–Kier alpha value is -2.29. The fourth-order valence-electron chi connectivity index (χ4n) is 2.01. The second kappa shape index (κ2) is 7.34. The number of hydrogen-bond donors (Lipinski definition) is 1. The van der Waals surface area contributed by atoms with Crippen LogP contribution in [0.5, 0.6) is 0 Å². The van der Waals surface area contributed by atoms with Crippen LogP contribution in [0.1, 0.15) is 30.5 Å². The molecular weight excluding hydrogens is 250 g/mol. The molecule has 0 bridgehead atoms. The van der Waals surface area contributed by atoms with E-state index in [2.05, 4.69) is 5.32 Å². The maximum Gasteiger partial charge on any atom is 0.407 e. The SMILES string of the molecule is CC[C@@H](NC(=O)OCc1ccccc1)c1ccccc1. The number of hydrogen-bond acceptors (Lipinski definition) is 2. The van der Waals surface area contributed by atoms with Crippen molar-refractivity contribution in [1.29, 1.82) is 0 Å². The highest BCUT2D eigenvalue weighted by Gasteiger charge is 2.12. The number of alkyl carbamates (subject to hydrolysis) is 1. The molecule has 3 heteroatoms. The molecule has 0 unspecified atom stereocenters. The van der Waals surface area contributed by atoms with Gasteiger partial charge in [-0.15, -0.1) is 0 Å². The molecule has 0 saturated carbocycles. The minimum absolute atomic E-state index is 0.0144. The minimum Gasteiger partial charge on any atom is -0.445 e. The van der Waals surface area contributed by atoms with Crippen LogP contribution in [-0.2, 0) is 11.3 Å². The zero-order valence-corrected chi connectivity index (χ0v) is 11.6. The summed E-state index contributed by atoms with van der Waals surface area (Å²) in [5, 5.41) is 2.89. The molecule has 0 aromatic heterocycles. The van der Waals surface area contributed by atoms with E-state index in [1.54, 1.807) is 0 Å². The fourth-order valence-corrected chi connectivity index (χ4v) is 2.01. The summed E-state index contributed by atoms with van der Waals surface area (Å²) < 4.78 is 5.23. The molecule has 1 atom stereocenters. The Morgan fingerprint density at radius 2 is 1.65 bits per heavy atom. The first-order chi connectivity index (χ1) is 9.79. The number of carbonyl (C=O) groups is 1. The van der Waals surface area contributed by atoms with E-state index in [1.807, 2.05) is 67.6 Å². The molecular formula is C17H19NO2. The molecule has 1 amide bonds. The number of nitrogens with one attached hydrogen (secondary N) is 1. The van der Waals surface area contributed by atoms with Crippen molar-refractivity contribution >= 4 is 6.09 Å². The summed E-state index contributed by atoms with van der Waals surface area (Å²) in [7, 11) is 0. The van der Waals surface area contributed by atoms with E-state index in [-0.39, 0.29) is 18.7 Å². The van der Waals surface area contributed by atoms with Gasteiger partial charge in [-0.05, 0) is 17.5 Å². The van der Waals surface area contributed by atoms with E-state index in [9.17, 15) is 4.79 Å². The highest BCUT2D eigenvalue weighted by Crippen LogP contribution is 2.16. The molecule has 0 spiro atoms. The Morgan fingerprint density at radius 1 is 1.05 bits per heavy atom. The lowest BCUT2D eigenvalue weighted by molar-refractivity contribution is 0.135. The molecule has 0 fully saturated rings. The van der Waals surface area contributed by atoms with E-state index in [0.29, 0.717) is 0 Å². The standard InChI is InChI=1S/C17H19NO2/c1-2-16(15-11-7-4-8-12-15)18-17(19)20-13-14-9-5-3-6-10-14/h3-12,16H,2,13H2,1H3,(H,18,19)/t16-/m1/s1. The predicted molar refractivity (Wildman–Crippen MR) is 79.2 cm³/mol. The van der Waals surface area contributed by atoms with Gasteiger partial charge in [-0.25, -0.2) is 4.79 Å². The quantitative estimate of drug-likeness (QED) is 0.888. The van der Waals surface area contributed by atoms with Crippen LogP contribution < -0.4 is 5.32 Å². The van der Waals surface area contributed by atoms with Gasteiger partial charge in [-0.2, -0.15) is 0 Å². The van der Waals surface area contributed by atoms with Crippen LogP contribution in [0.15, 0.2) is 60.7 Å². The topological polar surface area (TPSA) is 38.3 Å². The van der Waals surface area contributed by atoms with Crippen LogP contribution in [0.4, 0.5) is 4.79 Å². The lowest BCUT2D eigenvalue weighted by Gasteiger charge is -2.17. The second-order valence-corrected chi connectivity index (χ2v) is 4.58. The van der Waals surface area contributed by atoms with Crippen molar-refractivity contribution < 1.29 is 9.53 Å². The molecule has 1 N–H and O–H groups in total. The van der Waals surface area contributed by atoms with Gasteiger partial charge in [0.1, 0.15) is 6.61 Å². The lowest BCUT2D eigenvalue weighted by atomic mass is 10.1. The van der Waals surface area contributed by atoms with Gasteiger partial charge < -0.3 is 10.1 Å². The molecule has 0 aliphatic heterocycles. The maximum absolute atomic E-state index is 11.8. The monoisotopic (exact) mass is 269 g/mol. The Balaban J connectivity index is 1.87. The van der Waals surface area contributed by atoms with Gasteiger partial charge in [0.2, 0.25) is 0 Å². The van der Waals surface area contributed by atoms with Crippen molar-refractivity contribution in [1.82, 2.24) is 5.32 Å². The predicted octanol–water partition coefficient (Wildman–Crippen LogP) is 4.06. The molecule has 2 rings (SSSR count). The van der Waals surface area contributed by atoms with Crippen molar-refractivity contribution in [3.05, 3.63) is 71.8 Å².